The predicted octanol–water partition coefficient (Wildman–Crippen LogP) is 4.61. The number of nitriles is 1. The molecule has 6 rings (SSSR count). The molecule has 0 spiro atoms. The zero-order valence-corrected chi connectivity index (χ0v) is 27.3. The minimum Gasteiger partial charge on any atom is -0.463 e. The number of hydrogen-bond donors (Lipinski definition) is 0. The standard InChI is InChI=1S/C34H39ClFN7O3/c1-22-15-26-28(17-43(22)29-10-6-8-24-7-5-9-27(35)30(24)29)38-33(46-21-34(18-40(3)4)19-45-20-34)39-31(26)41-13-14-42(32(44)23(2)36)25(16-41)11-12-37/h5-10,22,25H,2,11,13-21H2,1,3-4H3. The summed E-state index contributed by atoms with van der Waals surface area (Å²) in [6, 6.07) is 14.1. The van der Waals surface area contributed by atoms with Crippen LogP contribution in [-0.2, 0) is 22.5 Å². The van der Waals surface area contributed by atoms with E-state index in [0.29, 0.717) is 50.9 Å². The molecule has 0 aliphatic carbocycles. The van der Waals surface area contributed by atoms with Crippen molar-refractivity contribution >= 4 is 39.8 Å². The highest BCUT2D eigenvalue weighted by molar-refractivity contribution is 6.36. The van der Waals surface area contributed by atoms with Gasteiger partial charge in [-0.25, -0.2) is 4.39 Å². The topological polar surface area (TPSA) is 98.1 Å². The number of fused-ring (bicyclic) bond motifs is 2. The van der Waals surface area contributed by atoms with E-state index in [9.17, 15) is 14.4 Å². The van der Waals surface area contributed by atoms with Gasteiger partial charge < -0.3 is 29.1 Å². The summed E-state index contributed by atoms with van der Waals surface area (Å²) in [6.07, 6.45) is 0.721. The lowest BCUT2D eigenvalue weighted by Crippen LogP contribution is -2.56. The van der Waals surface area contributed by atoms with E-state index in [1.807, 2.05) is 32.3 Å². The van der Waals surface area contributed by atoms with E-state index in [1.54, 1.807) is 0 Å². The van der Waals surface area contributed by atoms with Crippen molar-refractivity contribution in [2.75, 3.05) is 69.9 Å². The molecule has 3 aromatic rings. The summed E-state index contributed by atoms with van der Waals surface area (Å²) >= 11 is 6.74. The molecule has 46 heavy (non-hydrogen) atoms. The molecule has 4 heterocycles. The first kappa shape index (κ1) is 32.0. The molecular formula is C34H39ClFN7O3. The van der Waals surface area contributed by atoms with Gasteiger partial charge in [0.2, 0.25) is 0 Å². The molecule has 3 aliphatic heterocycles. The highest BCUT2D eigenvalue weighted by Gasteiger charge is 2.41. The second-order valence-electron chi connectivity index (χ2n) is 12.9. The van der Waals surface area contributed by atoms with Crippen molar-refractivity contribution in [2.24, 2.45) is 5.41 Å². The molecule has 0 N–H and O–H groups in total. The van der Waals surface area contributed by atoms with Crippen LogP contribution < -0.4 is 14.5 Å². The summed E-state index contributed by atoms with van der Waals surface area (Å²) < 4.78 is 25.8. The van der Waals surface area contributed by atoms with Crippen molar-refractivity contribution in [1.82, 2.24) is 19.8 Å². The van der Waals surface area contributed by atoms with Crippen LogP contribution in [0.4, 0.5) is 15.9 Å². The van der Waals surface area contributed by atoms with E-state index in [0.717, 1.165) is 40.1 Å². The first-order valence-corrected chi connectivity index (χ1v) is 15.9. The Morgan fingerprint density at radius 3 is 2.67 bits per heavy atom. The lowest BCUT2D eigenvalue weighted by molar-refractivity contribution is -0.140. The van der Waals surface area contributed by atoms with Gasteiger partial charge in [0.15, 0.2) is 5.83 Å². The molecule has 0 radical (unpaired) electrons. The van der Waals surface area contributed by atoms with E-state index in [1.165, 1.54) is 4.90 Å². The molecule has 242 valence electrons. The van der Waals surface area contributed by atoms with E-state index in [4.69, 9.17) is 31.0 Å². The van der Waals surface area contributed by atoms with Gasteiger partial charge in [-0.05, 0) is 45.0 Å². The summed E-state index contributed by atoms with van der Waals surface area (Å²) in [4.78, 5) is 30.5. The van der Waals surface area contributed by atoms with Gasteiger partial charge in [-0.15, -0.1) is 0 Å². The molecule has 3 aliphatic rings. The van der Waals surface area contributed by atoms with Gasteiger partial charge in [0.25, 0.3) is 5.91 Å². The number of ether oxygens (including phenoxy) is 2. The number of carbonyl (C=O) groups excluding carboxylic acids is 1. The average molecular weight is 648 g/mol. The summed E-state index contributed by atoms with van der Waals surface area (Å²) in [6.45, 7) is 9.27. The third-order valence-corrected chi connectivity index (χ3v) is 9.44. The molecule has 12 heteroatoms. The molecular weight excluding hydrogens is 609 g/mol. The van der Waals surface area contributed by atoms with E-state index < -0.39 is 17.8 Å². The smallest absolute Gasteiger partial charge is 0.318 e. The van der Waals surface area contributed by atoms with Crippen LogP contribution in [0.1, 0.15) is 24.6 Å². The molecule has 2 fully saturated rings. The average Bonchev–Trinajstić information content (AvgIpc) is 3.01. The molecule has 1 amide bonds. The van der Waals surface area contributed by atoms with Gasteiger partial charge in [0.05, 0.1) is 54.4 Å². The molecule has 2 saturated heterocycles. The number of hydrogen-bond acceptors (Lipinski definition) is 9. The number of aromatic nitrogens is 2. The third kappa shape index (κ3) is 6.21. The number of benzene rings is 2. The van der Waals surface area contributed by atoms with Gasteiger partial charge in [-0.3, -0.25) is 4.79 Å². The Morgan fingerprint density at radius 1 is 1.24 bits per heavy atom. The van der Waals surface area contributed by atoms with Crippen molar-refractivity contribution in [2.45, 2.75) is 38.4 Å². The Kier molecular flexibility index (Phi) is 9.06. The van der Waals surface area contributed by atoms with Crippen LogP contribution in [0, 0.1) is 16.7 Å². The number of rotatable bonds is 9. The zero-order valence-electron chi connectivity index (χ0n) is 26.5. The molecule has 2 unspecified atom stereocenters. The van der Waals surface area contributed by atoms with Crippen LogP contribution in [0.5, 0.6) is 6.01 Å². The van der Waals surface area contributed by atoms with E-state index in [-0.39, 0.29) is 30.4 Å². The van der Waals surface area contributed by atoms with Crippen LogP contribution >= 0.6 is 11.6 Å². The maximum Gasteiger partial charge on any atom is 0.318 e. The van der Waals surface area contributed by atoms with Crippen molar-refractivity contribution in [3.05, 3.63) is 65.1 Å². The second kappa shape index (κ2) is 13.0. The van der Waals surface area contributed by atoms with Gasteiger partial charge in [0, 0.05) is 48.9 Å². The molecule has 2 atom stereocenters. The van der Waals surface area contributed by atoms with Crippen LogP contribution in [0.25, 0.3) is 10.8 Å². The first-order chi connectivity index (χ1) is 22.1. The SMILES string of the molecule is C=C(F)C(=O)N1CCN(c2nc(OCC3(CN(C)C)COC3)nc3c2CC(C)N(c2cccc4cccc(Cl)c24)C3)CC1CC#N. The minimum atomic E-state index is -1.03. The zero-order chi connectivity index (χ0) is 32.6. The van der Waals surface area contributed by atoms with Gasteiger partial charge in [-0.2, -0.15) is 15.2 Å². The molecule has 10 nitrogen and oxygen atoms in total. The van der Waals surface area contributed by atoms with Crippen LogP contribution in [0.15, 0.2) is 48.8 Å². The monoisotopic (exact) mass is 647 g/mol. The van der Waals surface area contributed by atoms with Crippen molar-refractivity contribution in [1.29, 1.82) is 5.26 Å². The molecule has 0 saturated carbocycles. The Labute approximate surface area is 273 Å². The highest BCUT2D eigenvalue weighted by Crippen LogP contribution is 2.39. The Balaban J connectivity index is 1.37. The normalized spacial score (nSPS) is 20.7. The maximum absolute atomic E-state index is 13.9. The Bertz CT molecular complexity index is 1690. The number of amides is 1. The van der Waals surface area contributed by atoms with E-state index in [2.05, 4.69) is 52.5 Å². The van der Waals surface area contributed by atoms with Gasteiger partial charge in [0.1, 0.15) is 12.4 Å². The summed E-state index contributed by atoms with van der Waals surface area (Å²) in [5.41, 5.74) is 2.74. The van der Waals surface area contributed by atoms with Crippen molar-refractivity contribution in [3.8, 4) is 12.1 Å². The fraction of sp³-hybridized carbons (Fsp3) is 0.471. The maximum atomic E-state index is 13.9. The van der Waals surface area contributed by atoms with Gasteiger partial charge >= 0.3 is 6.01 Å². The van der Waals surface area contributed by atoms with Crippen molar-refractivity contribution < 1.29 is 18.7 Å². The highest BCUT2D eigenvalue weighted by atomic mass is 35.5. The number of anilines is 2. The van der Waals surface area contributed by atoms with Crippen molar-refractivity contribution in [3.63, 3.8) is 0 Å². The van der Waals surface area contributed by atoms with Gasteiger partial charge in [-0.1, -0.05) is 42.4 Å². The quantitative estimate of drug-likeness (QED) is 0.309. The predicted molar refractivity (Wildman–Crippen MR) is 176 cm³/mol. The van der Waals surface area contributed by atoms with Crippen LogP contribution in [0.2, 0.25) is 5.02 Å². The number of halogens is 2. The second-order valence-corrected chi connectivity index (χ2v) is 13.3. The third-order valence-electron chi connectivity index (χ3n) is 9.12. The number of piperazine rings is 1. The van der Waals surface area contributed by atoms with Crippen LogP contribution in [-0.4, -0.2) is 97.9 Å². The minimum absolute atomic E-state index is 0.0607. The largest absolute Gasteiger partial charge is 0.463 e. The lowest BCUT2D eigenvalue weighted by atomic mass is 9.86. The first-order valence-electron chi connectivity index (χ1n) is 15.6. The summed E-state index contributed by atoms with van der Waals surface area (Å²) in [5, 5.41) is 12.3. The molecule has 2 aromatic carbocycles. The van der Waals surface area contributed by atoms with E-state index >= 15 is 0 Å². The summed E-state index contributed by atoms with van der Waals surface area (Å²) in [7, 11) is 4.06. The number of nitrogens with zero attached hydrogens (tertiary/aromatic N) is 7. The lowest BCUT2D eigenvalue weighted by Gasteiger charge is -2.43. The molecule has 1 aromatic heterocycles. The van der Waals surface area contributed by atoms with Crippen LogP contribution in [0.3, 0.4) is 0 Å². The molecule has 0 bridgehead atoms. The number of carbonyl (C=O) groups is 1. The Morgan fingerprint density at radius 2 is 2.00 bits per heavy atom. The summed E-state index contributed by atoms with van der Waals surface area (Å²) in [5.74, 6) is -1.08. The fourth-order valence-electron chi connectivity index (χ4n) is 6.97. The Hall–Kier alpha value is -3.98. The fourth-order valence-corrected chi connectivity index (χ4v) is 7.25.